The van der Waals surface area contributed by atoms with E-state index < -0.39 is 0 Å². The van der Waals surface area contributed by atoms with E-state index in [1.807, 2.05) is 20.8 Å². The summed E-state index contributed by atoms with van der Waals surface area (Å²) in [6.45, 7) is 11.2. The van der Waals surface area contributed by atoms with E-state index in [1.54, 1.807) is 0 Å². The number of hydrogen-bond acceptors (Lipinski definition) is 2. The van der Waals surface area contributed by atoms with E-state index in [2.05, 4.69) is 42.7 Å². The molecule has 0 saturated carbocycles. The molecule has 0 aliphatic carbocycles. The van der Waals surface area contributed by atoms with Gasteiger partial charge in [-0.15, -0.1) is 0 Å². The number of nitrogens with one attached hydrogen (secondary N) is 2. The van der Waals surface area contributed by atoms with Crippen LogP contribution in [0.5, 0.6) is 0 Å². The van der Waals surface area contributed by atoms with E-state index in [1.165, 1.54) is 16.7 Å². The first-order valence-corrected chi connectivity index (χ1v) is 6.36. The van der Waals surface area contributed by atoms with Crippen molar-refractivity contribution in [3.8, 4) is 0 Å². The average molecular weight is 248 g/mol. The van der Waals surface area contributed by atoms with Gasteiger partial charge in [-0.1, -0.05) is 23.8 Å². The van der Waals surface area contributed by atoms with Gasteiger partial charge in [0.05, 0.1) is 6.54 Å². The molecule has 0 saturated heterocycles. The minimum Gasteiger partial charge on any atom is -0.350 e. The van der Waals surface area contributed by atoms with Gasteiger partial charge >= 0.3 is 0 Å². The molecular formula is C15H24N2O. The fourth-order valence-electron chi connectivity index (χ4n) is 1.82. The molecule has 0 aliphatic rings. The average Bonchev–Trinajstić information content (AvgIpc) is 2.18. The monoisotopic (exact) mass is 248 g/mol. The third-order valence-electron chi connectivity index (χ3n) is 2.61. The molecule has 0 heterocycles. The summed E-state index contributed by atoms with van der Waals surface area (Å²) in [5.74, 6) is 0.0345. The highest BCUT2D eigenvalue weighted by molar-refractivity contribution is 5.78. The lowest BCUT2D eigenvalue weighted by atomic mass is 10.1. The van der Waals surface area contributed by atoms with Crippen LogP contribution in [-0.2, 0) is 11.3 Å². The maximum absolute atomic E-state index is 11.6. The summed E-state index contributed by atoms with van der Waals surface area (Å²) in [7, 11) is 0. The van der Waals surface area contributed by atoms with Crippen molar-refractivity contribution in [2.45, 2.75) is 46.7 Å². The fourth-order valence-corrected chi connectivity index (χ4v) is 1.82. The smallest absolute Gasteiger partial charge is 0.234 e. The highest BCUT2D eigenvalue weighted by Gasteiger charge is 2.12. The molecule has 3 heteroatoms. The molecule has 0 aromatic heterocycles. The van der Waals surface area contributed by atoms with Crippen LogP contribution in [0.3, 0.4) is 0 Å². The molecule has 0 bridgehead atoms. The Balaban J connectivity index is 2.40. The molecule has 0 spiro atoms. The summed E-state index contributed by atoms with van der Waals surface area (Å²) in [5, 5.41) is 6.10. The predicted molar refractivity (Wildman–Crippen MR) is 75.5 cm³/mol. The maximum Gasteiger partial charge on any atom is 0.234 e. The van der Waals surface area contributed by atoms with Crippen LogP contribution in [0.2, 0.25) is 0 Å². The fraction of sp³-hybridized carbons (Fsp3) is 0.533. The zero-order valence-corrected chi connectivity index (χ0v) is 12.1. The van der Waals surface area contributed by atoms with Gasteiger partial charge in [0, 0.05) is 12.1 Å². The van der Waals surface area contributed by atoms with Crippen molar-refractivity contribution in [1.82, 2.24) is 10.6 Å². The second-order valence-corrected chi connectivity index (χ2v) is 5.83. The second-order valence-electron chi connectivity index (χ2n) is 5.83. The predicted octanol–water partition coefficient (Wildman–Crippen LogP) is 2.31. The Morgan fingerprint density at radius 1 is 1.22 bits per heavy atom. The molecule has 0 radical (unpaired) electrons. The number of benzene rings is 1. The van der Waals surface area contributed by atoms with Crippen LogP contribution in [0.15, 0.2) is 18.2 Å². The van der Waals surface area contributed by atoms with Gasteiger partial charge in [-0.2, -0.15) is 0 Å². The zero-order chi connectivity index (χ0) is 13.8. The molecule has 0 atom stereocenters. The number of hydrogen-bond donors (Lipinski definition) is 2. The van der Waals surface area contributed by atoms with Crippen molar-refractivity contribution >= 4 is 5.91 Å². The molecule has 2 N–H and O–H groups in total. The highest BCUT2D eigenvalue weighted by atomic mass is 16.2. The van der Waals surface area contributed by atoms with Crippen LogP contribution in [0.4, 0.5) is 0 Å². The number of rotatable bonds is 4. The molecule has 100 valence electrons. The minimum atomic E-state index is -0.168. The van der Waals surface area contributed by atoms with Crippen molar-refractivity contribution in [2.75, 3.05) is 6.54 Å². The van der Waals surface area contributed by atoms with Gasteiger partial charge in [-0.05, 0) is 45.7 Å². The number of carbonyl (C=O) groups excluding carboxylic acids is 1. The van der Waals surface area contributed by atoms with Crippen molar-refractivity contribution in [3.05, 3.63) is 34.9 Å². The Kier molecular flexibility index (Phi) is 4.91. The van der Waals surface area contributed by atoms with Gasteiger partial charge in [-0.25, -0.2) is 0 Å². The zero-order valence-electron chi connectivity index (χ0n) is 12.1. The molecule has 1 amide bonds. The quantitative estimate of drug-likeness (QED) is 0.858. The molecule has 1 rings (SSSR count). The summed E-state index contributed by atoms with van der Waals surface area (Å²) in [5.41, 5.74) is 3.60. The largest absolute Gasteiger partial charge is 0.350 e. The van der Waals surface area contributed by atoms with Crippen molar-refractivity contribution < 1.29 is 4.79 Å². The van der Waals surface area contributed by atoms with Crippen molar-refractivity contribution in [3.63, 3.8) is 0 Å². The van der Waals surface area contributed by atoms with Crippen LogP contribution in [-0.4, -0.2) is 18.0 Å². The molecule has 18 heavy (non-hydrogen) atoms. The first-order valence-electron chi connectivity index (χ1n) is 6.36. The van der Waals surface area contributed by atoms with Gasteiger partial charge in [0.25, 0.3) is 0 Å². The van der Waals surface area contributed by atoms with Gasteiger partial charge in [-0.3, -0.25) is 4.79 Å². The van der Waals surface area contributed by atoms with E-state index in [-0.39, 0.29) is 11.4 Å². The Labute approximate surface area is 110 Å². The molecular weight excluding hydrogens is 224 g/mol. The standard InChI is InChI=1S/C15H24N2O/c1-11-6-7-13(12(2)8-11)9-16-10-14(18)17-15(3,4)5/h6-8,16H,9-10H2,1-5H3,(H,17,18). The van der Waals surface area contributed by atoms with Crippen LogP contribution in [0, 0.1) is 13.8 Å². The maximum atomic E-state index is 11.6. The summed E-state index contributed by atoms with van der Waals surface area (Å²) in [6.07, 6.45) is 0. The molecule has 0 unspecified atom stereocenters. The van der Waals surface area contributed by atoms with E-state index in [9.17, 15) is 4.79 Å². The lowest BCUT2D eigenvalue weighted by molar-refractivity contribution is -0.121. The van der Waals surface area contributed by atoms with E-state index in [4.69, 9.17) is 0 Å². The Hall–Kier alpha value is -1.35. The third kappa shape index (κ3) is 5.32. The number of amides is 1. The number of carbonyl (C=O) groups is 1. The Morgan fingerprint density at radius 2 is 1.89 bits per heavy atom. The van der Waals surface area contributed by atoms with E-state index in [0.717, 1.165) is 6.54 Å². The molecule has 0 fully saturated rings. The minimum absolute atomic E-state index is 0.0345. The van der Waals surface area contributed by atoms with Gasteiger partial charge in [0.15, 0.2) is 0 Å². The van der Waals surface area contributed by atoms with E-state index in [0.29, 0.717) is 6.54 Å². The molecule has 1 aromatic carbocycles. The summed E-state index contributed by atoms with van der Waals surface area (Å²) in [6, 6.07) is 6.37. The lowest BCUT2D eigenvalue weighted by Crippen LogP contribution is -2.44. The van der Waals surface area contributed by atoms with Gasteiger partial charge < -0.3 is 10.6 Å². The van der Waals surface area contributed by atoms with Crippen molar-refractivity contribution in [2.24, 2.45) is 0 Å². The van der Waals surface area contributed by atoms with Crippen LogP contribution < -0.4 is 10.6 Å². The summed E-state index contributed by atoms with van der Waals surface area (Å²) < 4.78 is 0. The second kappa shape index (κ2) is 6.01. The first-order chi connectivity index (χ1) is 8.28. The Bertz CT molecular complexity index is 419. The lowest BCUT2D eigenvalue weighted by Gasteiger charge is -2.20. The molecule has 1 aromatic rings. The van der Waals surface area contributed by atoms with Crippen LogP contribution in [0.25, 0.3) is 0 Å². The SMILES string of the molecule is Cc1ccc(CNCC(=O)NC(C)(C)C)c(C)c1. The van der Waals surface area contributed by atoms with E-state index >= 15 is 0 Å². The Morgan fingerprint density at radius 3 is 2.44 bits per heavy atom. The highest BCUT2D eigenvalue weighted by Crippen LogP contribution is 2.09. The summed E-state index contributed by atoms with van der Waals surface area (Å²) in [4.78, 5) is 11.6. The first kappa shape index (κ1) is 14.7. The topological polar surface area (TPSA) is 41.1 Å². The van der Waals surface area contributed by atoms with Crippen molar-refractivity contribution in [1.29, 1.82) is 0 Å². The van der Waals surface area contributed by atoms with Crippen LogP contribution in [0.1, 0.15) is 37.5 Å². The number of aryl methyl sites for hydroxylation is 2. The molecule has 0 aliphatic heterocycles. The normalized spacial score (nSPS) is 11.4. The van der Waals surface area contributed by atoms with Gasteiger partial charge in [0.2, 0.25) is 5.91 Å². The van der Waals surface area contributed by atoms with Crippen LogP contribution >= 0.6 is 0 Å². The molecule has 3 nitrogen and oxygen atoms in total. The summed E-state index contributed by atoms with van der Waals surface area (Å²) >= 11 is 0. The third-order valence-corrected chi connectivity index (χ3v) is 2.61. The van der Waals surface area contributed by atoms with Gasteiger partial charge in [0.1, 0.15) is 0 Å².